The summed E-state index contributed by atoms with van der Waals surface area (Å²) in [5.41, 5.74) is 0.542. The lowest BCUT2D eigenvalue weighted by Crippen LogP contribution is -1.92. The first-order chi connectivity index (χ1) is 6.84. The van der Waals surface area contributed by atoms with Crippen molar-refractivity contribution < 1.29 is 13.9 Å². The fraction of sp³-hybridized carbons (Fsp3) is 0.364. The standard InChI is InChI=1S/C11H14O3/c1-2-3-6-13-8-5-11(12)10-4-7-14-9-10/h4-5,7-9H,2-3,6H2,1H3/b8-5+. The molecule has 0 bridgehead atoms. The Kier molecular flexibility index (Phi) is 4.55. The Labute approximate surface area is 83.4 Å². The maximum absolute atomic E-state index is 11.3. The molecule has 0 aromatic carbocycles. The van der Waals surface area contributed by atoms with Crippen LogP contribution in [0.25, 0.3) is 0 Å². The second-order valence-corrected chi connectivity index (χ2v) is 2.90. The first-order valence-electron chi connectivity index (χ1n) is 4.69. The van der Waals surface area contributed by atoms with Crippen LogP contribution < -0.4 is 0 Å². The molecule has 0 aliphatic carbocycles. The SMILES string of the molecule is CCCCO/C=C/C(=O)c1ccoc1. The first-order valence-corrected chi connectivity index (χ1v) is 4.69. The zero-order chi connectivity index (χ0) is 10.2. The molecular weight excluding hydrogens is 180 g/mol. The van der Waals surface area contributed by atoms with E-state index in [0.29, 0.717) is 12.2 Å². The number of ether oxygens (including phenoxy) is 1. The van der Waals surface area contributed by atoms with Crippen LogP contribution in [0.15, 0.2) is 35.3 Å². The molecule has 0 spiro atoms. The van der Waals surface area contributed by atoms with Crippen LogP contribution in [0.5, 0.6) is 0 Å². The fourth-order valence-electron chi connectivity index (χ4n) is 0.907. The van der Waals surface area contributed by atoms with Gasteiger partial charge in [0.2, 0.25) is 0 Å². The summed E-state index contributed by atoms with van der Waals surface area (Å²) in [5, 5.41) is 0. The second-order valence-electron chi connectivity index (χ2n) is 2.90. The van der Waals surface area contributed by atoms with Crippen molar-refractivity contribution in [2.45, 2.75) is 19.8 Å². The minimum absolute atomic E-state index is 0.102. The van der Waals surface area contributed by atoms with Gasteiger partial charge in [-0.1, -0.05) is 13.3 Å². The van der Waals surface area contributed by atoms with Crippen LogP contribution >= 0.6 is 0 Å². The van der Waals surface area contributed by atoms with Crippen LogP contribution in [0, 0.1) is 0 Å². The molecule has 0 aliphatic heterocycles. The number of ketones is 1. The van der Waals surface area contributed by atoms with Gasteiger partial charge in [-0.3, -0.25) is 4.79 Å². The summed E-state index contributed by atoms with van der Waals surface area (Å²) in [6.45, 7) is 2.75. The average Bonchev–Trinajstić information content (AvgIpc) is 2.70. The van der Waals surface area contributed by atoms with Crippen LogP contribution in [0.1, 0.15) is 30.1 Å². The van der Waals surface area contributed by atoms with Gasteiger partial charge in [0.05, 0.1) is 24.7 Å². The molecule has 1 heterocycles. The van der Waals surface area contributed by atoms with Gasteiger partial charge in [-0.15, -0.1) is 0 Å². The molecule has 0 N–H and O–H groups in total. The average molecular weight is 194 g/mol. The maximum atomic E-state index is 11.3. The third kappa shape index (κ3) is 3.47. The molecule has 0 fully saturated rings. The van der Waals surface area contributed by atoms with E-state index in [2.05, 4.69) is 6.92 Å². The van der Waals surface area contributed by atoms with Crippen molar-refractivity contribution in [3.05, 3.63) is 36.5 Å². The molecule has 0 unspecified atom stereocenters. The van der Waals surface area contributed by atoms with Gasteiger partial charge in [0.25, 0.3) is 0 Å². The van der Waals surface area contributed by atoms with Gasteiger partial charge in [0.1, 0.15) is 6.26 Å². The largest absolute Gasteiger partial charge is 0.501 e. The summed E-state index contributed by atoms with van der Waals surface area (Å²) >= 11 is 0. The van der Waals surface area contributed by atoms with Crippen LogP contribution in [0.4, 0.5) is 0 Å². The number of allylic oxidation sites excluding steroid dienone is 1. The quantitative estimate of drug-likeness (QED) is 0.302. The van der Waals surface area contributed by atoms with Crippen molar-refractivity contribution in [1.29, 1.82) is 0 Å². The Hall–Kier alpha value is -1.51. The number of hydrogen-bond donors (Lipinski definition) is 0. The van der Waals surface area contributed by atoms with E-state index < -0.39 is 0 Å². The van der Waals surface area contributed by atoms with Crippen molar-refractivity contribution in [1.82, 2.24) is 0 Å². The number of rotatable bonds is 6. The Morgan fingerprint density at radius 3 is 3.14 bits per heavy atom. The Bertz CT molecular complexity index is 285. The number of unbranched alkanes of at least 4 members (excludes halogenated alkanes) is 1. The summed E-state index contributed by atoms with van der Waals surface area (Å²) in [4.78, 5) is 11.3. The van der Waals surface area contributed by atoms with Gasteiger partial charge in [0.15, 0.2) is 5.78 Å². The second kappa shape index (κ2) is 6.02. The molecule has 0 amide bonds. The molecule has 14 heavy (non-hydrogen) atoms. The molecule has 0 saturated heterocycles. The third-order valence-electron chi connectivity index (χ3n) is 1.74. The molecular formula is C11H14O3. The van der Waals surface area contributed by atoms with E-state index in [1.54, 1.807) is 6.07 Å². The maximum Gasteiger partial charge on any atom is 0.192 e. The number of carbonyl (C=O) groups is 1. The van der Waals surface area contributed by atoms with Gasteiger partial charge < -0.3 is 9.15 Å². The normalized spacial score (nSPS) is 10.6. The smallest absolute Gasteiger partial charge is 0.192 e. The molecule has 1 rings (SSSR count). The van der Waals surface area contributed by atoms with E-state index in [-0.39, 0.29) is 5.78 Å². The summed E-state index contributed by atoms with van der Waals surface area (Å²) in [6.07, 6.45) is 7.82. The molecule has 0 aliphatic rings. The van der Waals surface area contributed by atoms with Crippen LogP contribution in [0.2, 0.25) is 0 Å². The number of carbonyl (C=O) groups excluding carboxylic acids is 1. The summed E-state index contributed by atoms with van der Waals surface area (Å²) in [7, 11) is 0. The Balaban J connectivity index is 2.27. The highest BCUT2D eigenvalue weighted by molar-refractivity contribution is 6.04. The van der Waals surface area contributed by atoms with Gasteiger partial charge >= 0.3 is 0 Å². The van der Waals surface area contributed by atoms with E-state index in [4.69, 9.17) is 9.15 Å². The van der Waals surface area contributed by atoms with E-state index in [9.17, 15) is 4.79 Å². The monoisotopic (exact) mass is 194 g/mol. The molecule has 0 radical (unpaired) electrons. The van der Waals surface area contributed by atoms with Crippen LogP contribution in [-0.2, 0) is 4.74 Å². The summed E-state index contributed by atoms with van der Waals surface area (Å²) in [6, 6.07) is 1.62. The van der Waals surface area contributed by atoms with Crippen LogP contribution in [0.3, 0.4) is 0 Å². The minimum atomic E-state index is -0.102. The van der Waals surface area contributed by atoms with Crippen molar-refractivity contribution in [2.75, 3.05) is 6.61 Å². The lowest BCUT2D eigenvalue weighted by atomic mass is 10.2. The molecule has 3 heteroatoms. The molecule has 0 atom stereocenters. The highest BCUT2D eigenvalue weighted by atomic mass is 16.5. The predicted octanol–water partition coefficient (Wildman–Crippen LogP) is 2.79. The predicted molar refractivity (Wildman–Crippen MR) is 53.0 cm³/mol. The lowest BCUT2D eigenvalue weighted by molar-refractivity contribution is 0.104. The van der Waals surface area contributed by atoms with Gasteiger partial charge in [0, 0.05) is 6.08 Å². The molecule has 3 nitrogen and oxygen atoms in total. The summed E-state index contributed by atoms with van der Waals surface area (Å²) < 4.78 is 9.90. The Morgan fingerprint density at radius 2 is 2.50 bits per heavy atom. The third-order valence-corrected chi connectivity index (χ3v) is 1.74. The first kappa shape index (κ1) is 10.6. The zero-order valence-corrected chi connectivity index (χ0v) is 8.23. The van der Waals surface area contributed by atoms with Crippen molar-refractivity contribution in [3.63, 3.8) is 0 Å². The van der Waals surface area contributed by atoms with E-state index in [1.807, 2.05) is 0 Å². The van der Waals surface area contributed by atoms with Crippen molar-refractivity contribution in [2.24, 2.45) is 0 Å². The van der Waals surface area contributed by atoms with Gasteiger partial charge in [-0.25, -0.2) is 0 Å². The van der Waals surface area contributed by atoms with Gasteiger partial charge in [-0.05, 0) is 12.5 Å². The zero-order valence-electron chi connectivity index (χ0n) is 8.23. The molecule has 0 saturated carbocycles. The summed E-state index contributed by atoms with van der Waals surface area (Å²) in [5.74, 6) is -0.102. The topological polar surface area (TPSA) is 39.4 Å². The van der Waals surface area contributed by atoms with Crippen molar-refractivity contribution in [3.8, 4) is 0 Å². The highest BCUT2D eigenvalue weighted by Gasteiger charge is 2.01. The van der Waals surface area contributed by atoms with E-state index in [1.165, 1.54) is 24.9 Å². The molecule has 1 aromatic heterocycles. The minimum Gasteiger partial charge on any atom is -0.501 e. The number of hydrogen-bond acceptors (Lipinski definition) is 3. The Morgan fingerprint density at radius 1 is 1.64 bits per heavy atom. The fourth-order valence-corrected chi connectivity index (χ4v) is 0.907. The lowest BCUT2D eigenvalue weighted by Gasteiger charge is -1.96. The molecule has 1 aromatic rings. The van der Waals surface area contributed by atoms with E-state index in [0.717, 1.165) is 12.8 Å². The number of furan rings is 1. The molecule has 76 valence electrons. The highest BCUT2D eigenvalue weighted by Crippen LogP contribution is 2.02. The van der Waals surface area contributed by atoms with Gasteiger partial charge in [-0.2, -0.15) is 0 Å². The van der Waals surface area contributed by atoms with E-state index >= 15 is 0 Å². The van der Waals surface area contributed by atoms with Crippen molar-refractivity contribution >= 4 is 5.78 Å². The van der Waals surface area contributed by atoms with Crippen LogP contribution in [-0.4, -0.2) is 12.4 Å².